The highest BCUT2D eigenvalue weighted by Gasteiger charge is 2.34. The Labute approximate surface area is 125 Å². The highest BCUT2D eigenvalue weighted by molar-refractivity contribution is 5.38. The number of hydrogen-bond donors (Lipinski definition) is 1. The van der Waals surface area contributed by atoms with E-state index in [0.29, 0.717) is 5.92 Å². The largest absolute Gasteiger partial charge is 0.497 e. The predicted molar refractivity (Wildman–Crippen MR) is 81.5 cm³/mol. The quantitative estimate of drug-likeness (QED) is 0.941. The summed E-state index contributed by atoms with van der Waals surface area (Å²) in [4.78, 5) is 10.5. The minimum atomic E-state index is 0.343. The molecule has 1 unspecified atom stereocenters. The van der Waals surface area contributed by atoms with Crippen molar-refractivity contribution in [3.05, 3.63) is 47.5 Å². The number of rotatable bonds is 3. The third-order valence-corrected chi connectivity index (χ3v) is 4.95. The first-order valence-corrected chi connectivity index (χ1v) is 7.75. The zero-order valence-electron chi connectivity index (χ0n) is 12.4. The molecule has 1 aromatic carbocycles. The van der Waals surface area contributed by atoms with Gasteiger partial charge in [-0.25, -0.2) is 4.98 Å². The Bertz CT molecular complexity index is 632. The zero-order valence-corrected chi connectivity index (χ0v) is 12.4. The Hall–Kier alpha value is -1.81. The molecule has 4 rings (SSSR count). The van der Waals surface area contributed by atoms with Crippen molar-refractivity contribution >= 4 is 0 Å². The first kappa shape index (κ1) is 12.9. The molecule has 2 aromatic rings. The molecule has 0 radical (unpaired) electrons. The Morgan fingerprint density at radius 2 is 2.24 bits per heavy atom. The molecule has 1 saturated carbocycles. The van der Waals surface area contributed by atoms with Crippen molar-refractivity contribution in [1.82, 2.24) is 14.9 Å². The van der Waals surface area contributed by atoms with Crippen LogP contribution < -0.4 is 4.74 Å². The Morgan fingerprint density at radius 3 is 3.00 bits per heavy atom. The van der Waals surface area contributed by atoms with E-state index in [1.807, 2.05) is 12.4 Å². The molecule has 2 aliphatic rings. The van der Waals surface area contributed by atoms with Crippen LogP contribution >= 0.6 is 0 Å². The summed E-state index contributed by atoms with van der Waals surface area (Å²) in [7, 11) is 1.72. The van der Waals surface area contributed by atoms with Gasteiger partial charge in [-0.05, 0) is 30.5 Å². The van der Waals surface area contributed by atoms with Crippen LogP contribution in [0.2, 0.25) is 0 Å². The number of nitrogens with one attached hydrogen (secondary N) is 1. The molecular formula is C17H21N3O. The van der Waals surface area contributed by atoms with Crippen molar-refractivity contribution in [2.45, 2.75) is 37.8 Å². The molecule has 110 valence electrons. The highest BCUT2D eigenvalue weighted by Crippen LogP contribution is 2.36. The van der Waals surface area contributed by atoms with Gasteiger partial charge in [0.05, 0.1) is 24.8 Å². The molecule has 0 saturated heterocycles. The molecule has 1 aliphatic heterocycles. The van der Waals surface area contributed by atoms with Crippen molar-refractivity contribution in [3.63, 3.8) is 0 Å². The second-order valence-electron chi connectivity index (χ2n) is 6.11. The molecule has 1 aliphatic carbocycles. The number of ether oxygens (including phenoxy) is 1. The average molecular weight is 283 g/mol. The third-order valence-electron chi connectivity index (χ3n) is 4.95. The lowest BCUT2D eigenvalue weighted by Crippen LogP contribution is -2.44. The van der Waals surface area contributed by atoms with Gasteiger partial charge < -0.3 is 9.72 Å². The fourth-order valence-electron chi connectivity index (χ4n) is 3.50. The van der Waals surface area contributed by atoms with E-state index in [0.717, 1.165) is 24.9 Å². The Balaban J connectivity index is 1.69. The van der Waals surface area contributed by atoms with Gasteiger partial charge in [0, 0.05) is 25.0 Å². The van der Waals surface area contributed by atoms with Crippen LogP contribution in [0.3, 0.4) is 0 Å². The maximum absolute atomic E-state index is 5.38. The number of benzene rings is 1. The summed E-state index contributed by atoms with van der Waals surface area (Å²) < 4.78 is 5.38. The maximum atomic E-state index is 5.38. The summed E-state index contributed by atoms with van der Waals surface area (Å²) in [6.07, 6.45) is 5.89. The van der Waals surface area contributed by atoms with E-state index in [4.69, 9.17) is 4.74 Å². The molecule has 1 atom stereocenters. The van der Waals surface area contributed by atoms with Crippen LogP contribution in [0.25, 0.3) is 0 Å². The number of methoxy groups -OCH3 is 1. The van der Waals surface area contributed by atoms with Crippen molar-refractivity contribution in [3.8, 4) is 5.75 Å². The van der Waals surface area contributed by atoms with Crippen LogP contribution in [0.4, 0.5) is 0 Å². The maximum Gasteiger partial charge on any atom is 0.119 e. The second-order valence-corrected chi connectivity index (χ2v) is 6.11. The minimum absolute atomic E-state index is 0.343. The van der Waals surface area contributed by atoms with Crippen molar-refractivity contribution < 1.29 is 4.74 Å². The normalized spacial score (nSPS) is 22.6. The number of aromatic nitrogens is 2. The van der Waals surface area contributed by atoms with E-state index < -0.39 is 0 Å². The van der Waals surface area contributed by atoms with Crippen LogP contribution in [-0.2, 0) is 6.54 Å². The third kappa shape index (κ3) is 2.23. The lowest BCUT2D eigenvalue weighted by Gasteiger charge is -2.42. The van der Waals surface area contributed by atoms with Crippen LogP contribution in [0, 0.1) is 0 Å². The summed E-state index contributed by atoms with van der Waals surface area (Å²) in [5.74, 6) is 1.26. The van der Waals surface area contributed by atoms with Crippen molar-refractivity contribution in [2.24, 2.45) is 0 Å². The summed E-state index contributed by atoms with van der Waals surface area (Å²) in [6.45, 7) is 2.08. The zero-order chi connectivity index (χ0) is 14.2. The van der Waals surface area contributed by atoms with Gasteiger partial charge in [0.2, 0.25) is 0 Å². The first-order valence-electron chi connectivity index (χ1n) is 7.75. The van der Waals surface area contributed by atoms with Gasteiger partial charge in [-0.1, -0.05) is 18.6 Å². The molecule has 1 fully saturated rings. The van der Waals surface area contributed by atoms with E-state index in [1.54, 1.807) is 7.11 Å². The molecule has 0 amide bonds. The van der Waals surface area contributed by atoms with Gasteiger partial charge in [0.25, 0.3) is 0 Å². The number of fused-ring (bicyclic) bond motifs is 1. The van der Waals surface area contributed by atoms with Crippen LogP contribution in [0.5, 0.6) is 5.75 Å². The number of hydrogen-bond acceptors (Lipinski definition) is 3. The minimum Gasteiger partial charge on any atom is -0.497 e. The summed E-state index contributed by atoms with van der Waals surface area (Å²) in [5.41, 5.74) is 3.78. The topological polar surface area (TPSA) is 41.1 Å². The Morgan fingerprint density at radius 1 is 1.33 bits per heavy atom. The first-order chi connectivity index (χ1) is 10.3. The average Bonchev–Trinajstić information content (AvgIpc) is 2.93. The van der Waals surface area contributed by atoms with E-state index in [1.165, 1.54) is 36.2 Å². The lowest BCUT2D eigenvalue weighted by molar-refractivity contribution is 0.105. The molecule has 2 heterocycles. The van der Waals surface area contributed by atoms with Crippen LogP contribution in [0.15, 0.2) is 30.6 Å². The molecule has 4 nitrogen and oxygen atoms in total. The van der Waals surface area contributed by atoms with E-state index in [9.17, 15) is 0 Å². The highest BCUT2D eigenvalue weighted by atomic mass is 16.5. The predicted octanol–water partition coefficient (Wildman–Crippen LogP) is 2.92. The van der Waals surface area contributed by atoms with E-state index in [2.05, 4.69) is 33.1 Å². The number of nitrogens with zero attached hydrogens (tertiary/aromatic N) is 2. The standard InChI is InChI=1S/C17H21N3O/c1-21-14-7-2-4-12(8-14)15-9-20(13-5-3-6-13)10-16-17(15)19-11-18-16/h2,4,7-8,11,13,15H,3,5-6,9-10H2,1H3,(H,18,19). The summed E-state index contributed by atoms with van der Waals surface area (Å²) >= 11 is 0. The van der Waals surface area contributed by atoms with Crippen LogP contribution in [-0.4, -0.2) is 34.6 Å². The fourth-order valence-corrected chi connectivity index (χ4v) is 3.50. The molecule has 21 heavy (non-hydrogen) atoms. The van der Waals surface area contributed by atoms with Gasteiger partial charge in [0.1, 0.15) is 5.75 Å². The molecule has 1 N–H and O–H groups in total. The van der Waals surface area contributed by atoms with Gasteiger partial charge in [0.15, 0.2) is 0 Å². The molecular weight excluding hydrogens is 262 g/mol. The molecule has 1 aromatic heterocycles. The van der Waals surface area contributed by atoms with Gasteiger partial charge >= 0.3 is 0 Å². The smallest absolute Gasteiger partial charge is 0.119 e. The SMILES string of the molecule is COc1cccc(C2CN(C3CCC3)Cc3[nH]cnc32)c1. The summed E-state index contributed by atoms with van der Waals surface area (Å²) in [5, 5.41) is 0. The van der Waals surface area contributed by atoms with Crippen molar-refractivity contribution in [2.75, 3.05) is 13.7 Å². The summed E-state index contributed by atoms with van der Waals surface area (Å²) in [6, 6.07) is 9.17. The molecule has 0 spiro atoms. The fraction of sp³-hybridized carbons (Fsp3) is 0.471. The van der Waals surface area contributed by atoms with Gasteiger partial charge in [-0.15, -0.1) is 0 Å². The molecule has 4 heteroatoms. The van der Waals surface area contributed by atoms with E-state index >= 15 is 0 Å². The Kier molecular flexibility index (Phi) is 3.19. The van der Waals surface area contributed by atoms with Crippen LogP contribution in [0.1, 0.15) is 42.1 Å². The number of H-pyrrole nitrogens is 1. The number of imidazole rings is 1. The van der Waals surface area contributed by atoms with E-state index in [-0.39, 0.29) is 0 Å². The van der Waals surface area contributed by atoms with Crippen molar-refractivity contribution in [1.29, 1.82) is 0 Å². The second kappa shape index (κ2) is 5.19. The lowest BCUT2D eigenvalue weighted by atomic mass is 9.85. The van der Waals surface area contributed by atoms with Gasteiger partial charge in [-0.3, -0.25) is 4.90 Å². The molecule has 0 bridgehead atoms. The monoisotopic (exact) mass is 283 g/mol. The van der Waals surface area contributed by atoms with Gasteiger partial charge in [-0.2, -0.15) is 0 Å². The number of aromatic amines is 1.